The molecule has 1 aliphatic carbocycles. The van der Waals surface area contributed by atoms with Crippen molar-refractivity contribution >= 4 is 17.4 Å². The van der Waals surface area contributed by atoms with E-state index in [0.717, 1.165) is 79.2 Å². The van der Waals surface area contributed by atoms with E-state index in [1.807, 2.05) is 21.5 Å². The number of piperidine rings is 1. The molecule has 4 aliphatic rings. The van der Waals surface area contributed by atoms with Gasteiger partial charge in [-0.2, -0.15) is 16.2 Å². The van der Waals surface area contributed by atoms with Crippen molar-refractivity contribution < 1.29 is 4.79 Å². The van der Waals surface area contributed by atoms with E-state index < -0.39 is 5.66 Å². The number of nitrogens with zero attached hydrogens (tertiary/aromatic N) is 5. The van der Waals surface area contributed by atoms with E-state index in [9.17, 15) is 4.79 Å². The van der Waals surface area contributed by atoms with E-state index >= 15 is 0 Å². The van der Waals surface area contributed by atoms with Gasteiger partial charge in [-0.05, 0) is 69.1 Å². The van der Waals surface area contributed by atoms with Crippen molar-refractivity contribution in [3.05, 3.63) is 58.9 Å². The van der Waals surface area contributed by atoms with E-state index in [0.29, 0.717) is 5.92 Å². The van der Waals surface area contributed by atoms with Crippen LogP contribution in [0.5, 0.6) is 0 Å². The van der Waals surface area contributed by atoms with Gasteiger partial charge in [-0.15, -0.1) is 0 Å². The Morgan fingerprint density at radius 3 is 2.32 bits per heavy atom. The van der Waals surface area contributed by atoms with Crippen LogP contribution in [0.15, 0.2) is 36.5 Å². The summed E-state index contributed by atoms with van der Waals surface area (Å²) in [6.45, 7) is 4.57. The number of fused-ring (bicyclic) bond motifs is 1. The summed E-state index contributed by atoms with van der Waals surface area (Å²) in [6, 6.07) is 10.4. The summed E-state index contributed by atoms with van der Waals surface area (Å²) in [5, 5.41) is 4.94. The predicted molar refractivity (Wildman–Crippen MR) is 171 cm³/mol. The number of carbonyl (C=O) groups is 1. The summed E-state index contributed by atoms with van der Waals surface area (Å²) in [4.78, 5) is 23.3. The fourth-order valence-corrected chi connectivity index (χ4v) is 7.95. The number of nitrogens with two attached hydrogens (primary N) is 1. The quantitative estimate of drug-likeness (QED) is 0.296. The van der Waals surface area contributed by atoms with E-state index in [1.165, 1.54) is 51.4 Å². The Morgan fingerprint density at radius 2 is 1.61 bits per heavy atom. The Balaban J connectivity index is 1.12. The Bertz CT molecular complexity index is 1440. The van der Waals surface area contributed by atoms with Crippen molar-refractivity contribution in [1.82, 2.24) is 41.4 Å². The first kappa shape index (κ1) is 29.6. The van der Waals surface area contributed by atoms with E-state index in [2.05, 4.69) is 58.1 Å². The first-order valence-corrected chi connectivity index (χ1v) is 16.9. The molecule has 5 heterocycles. The fourth-order valence-electron chi connectivity index (χ4n) is 7.95. The number of hydrazine groups is 3. The monoisotopic (exact) mass is 600 g/mol. The number of nitrogens with one attached hydrogen (secondary N) is 4. The molecule has 0 bridgehead atoms. The number of amides is 1. The van der Waals surface area contributed by atoms with Crippen LogP contribution in [0, 0.1) is 12.8 Å². The molecule has 3 aliphatic heterocycles. The maximum atomic E-state index is 14.0. The van der Waals surface area contributed by atoms with Gasteiger partial charge in [0, 0.05) is 49.1 Å². The number of likely N-dealkylation sites (tertiary alicyclic amines) is 1. The van der Waals surface area contributed by atoms with Gasteiger partial charge in [0.1, 0.15) is 11.5 Å². The maximum Gasteiger partial charge on any atom is 0.254 e. The lowest BCUT2D eigenvalue weighted by Crippen LogP contribution is -2.54. The zero-order valence-electron chi connectivity index (χ0n) is 26.0. The molecule has 1 saturated carbocycles. The smallest absolute Gasteiger partial charge is 0.254 e. The molecule has 4 fully saturated rings. The average Bonchev–Trinajstić information content (AvgIpc) is 3.81. The minimum atomic E-state index is -0.416. The number of anilines is 1. The van der Waals surface area contributed by atoms with Crippen LogP contribution < -0.4 is 32.6 Å². The third-order valence-corrected chi connectivity index (χ3v) is 10.4. The number of hydrogen-bond donors (Lipinski definition) is 5. The lowest BCUT2D eigenvalue weighted by atomic mass is 9.80. The van der Waals surface area contributed by atoms with Gasteiger partial charge in [-0.1, -0.05) is 50.7 Å². The molecule has 2 aromatic heterocycles. The number of benzene rings is 1. The number of aryl methyl sites for hydroxylation is 1. The van der Waals surface area contributed by atoms with Crippen molar-refractivity contribution in [2.75, 3.05) is 24.5 Å². The minimum absolute atomic E-state index is 0.0641. The second-order valence-electron chi connectivity index (χ2n) is 13.4. The van der Waals surface area contributed by atoms with Gasteiger partial charge in [-0.3, -0.25) is 4.79 Å². The van der Waals surface area contributed by atoms with Crippen LogP contribution in [0.1, 0.15) is 110 Å². The topological polar surface area (TPSA) is 128 Å². The van der Waals surface area contributed by atoms with E-state index in [-0.39, 0.29) is 18.0 Å². The number of rotatable bonds is 5. The van der Waals surface area contributed by atoms with Gasteiger partial charge in [-0.25, -0.2) is 20.4 Å². The summed E-state index contributed by atoms with van der Waals surface area (Å²) >= 11 is 0. The summed E-state index contributed by atoms with van der Waals surface area (Å²) in [5.74, 6) is 1.48. The highest BCUT2D eigenvalue weighted by atomic mass is 16.2. The Labute approximate surface area is 260 Å². The van der Waals surface area contributed by atoms with Crippen LogP contribution in [0.4, 0.5) is 5.82 Å². The van der Waals surface area contributed by atoms with Crippen molar-refractivity contribution in [2.24, 2.45) is 11.7 Å². The molecule has 2 atom stereocenters. The van der Waals surface area contributed by atoms with Crippen LogP contribution in [0.25, 0.3) is 5.65 Å². The third kappa shape index (κ3) is 5.72. The first-order valence-electron chi connectivity index (χ1n) is 16.9. The minimum Gasteiger partial charge on any atom is -0.355 e. The lowest BCUT2D eigenvalue weighted by Gasteiger charge is -2.37. The number of carbonyl (C=O) groups excluding carboxylic acids is 1. The zero-order valence-corrected chi connectivity index (χ0v) is 26.0. The highest BCUT2D eigenvalue weighted by Gasteiger charge is 2.43. The molecule has 44 heavy (non-hydrogen) atoms. The Kier molecular flexibility index (Phi) is 8.56. The maximum absolute atomic E-state index is 14.0. The molecule has 3 aromatic rings. The van der Waals surface area contributed by atoms with Gasteiger partial charge in [0.15, 0.2) is 5.65 Å². The van der Waals surface area contributed by atoms with Gasteiger partial charge >= 0.3 is 0 Å². The van der Waals surface area contributed by atoms with E-state index in [4.69, 9.17) is 15.8 Å². The largest absolute Gasteiger partial charge is 0.355 e. The molecule has 7 rings (SSSR count). The van der Waals surface area contributed by atoms with Gasteiger partial charge in [0.25, 0.3) is 5.91 Å². The lowest BCUT2D eigenvalue weighted by molar-refractivity contribution is 0.0605. The Morgan fingerprint density at radius 1 is 0.909 bits per heavy atom. The molecular weight excluding hydrogens is 552 g/mol. The second-order valence-corrected chi connectivity index (χ2v) is 13.4. The molecule has 1 aromatic carbocycles. The fraction of sp³-hybridized carbons (Fsp3) is 0.606. The molecule has 0 spiro atoms. The SMILES string of the molecule is Cc1cn2nc([C@@H]3CCCCN3C(=O)c3ccc(C4(C5CCCCCCCC5)NNNN4)cc3)cc2nc1N1CC[C@H](N)C1. The van der Waals surface area contributed by atoms with Crippen molar-refractivity contribution in [3.8, 4) is 0 Å². The van der Waals surface area contributed by atoms with Gasteiger partial charge in [0.2, 0.25) is 0 Å². The predicted octanol–water partition coefficient (Wildman–Crippen LogP) is 3.96. The Hall–Kier alpha value is -3.09. The summed E-state index contributed by atoms with van der Waals surface area (Å²) in [6.07, 6.45) is 16.1. The molecule has 0 unspecified atom stereocenters. The second kappa shape index (κ2) is 12.7. The normalized spacial score (nSPS) is 25.2. The van der Waals surface area contributed by atoms with Crippen LogP contribution in [-0.4, -0.2) is 51.1 Å². The van der Waals surface area contributed by atoms with Crippen LogP contribution in [-0.2, 0) is 5.66 Å². The zero-order chi connectivity index (χ0) is 30.1. The van der Waals surface area contributed by atoms with E-state index in [1.54, 1.807) is 0 Å². The molecular formula is C33H48N10O. The number of hydrogen-bond acceptors (Lipinski definition) is 9. The number of aromatic nitrogens is 3. The molecule has 1 amide bonds. The van der Waals surface area contributed by atoms with Crippen molar-refractivity contribution in [3.63, 3.8) is 0 Å². The van der Waals surface area contributed by atoms with Crippen molar-refractivity contribution in [1.29, 1.82) is 0 Å². The van der Waals surface area contributed by atoms with Crippen LogP contribution in [0.3, 0.4) is 0 Å². The summed E-state index contributed by atoms with van der Waals surface area (Å²) in [7, 11) is 0. The van der Waals surface area contributed by atoms with Crippen molar-refractivity contribution in [2.45, 2.75) is 102 Å². The molecule has 6 N–H and O–H groups in total. The highest BCUT2D eigenvalue weighted by molar-refractivity contribution is 5.94. The summed E-state index contributed by atoms with van der Waals surface area (Å²) < 4.78 is 1.87. The molecule has 0 radical (unpaired) electrons. The summed E-state index contributed by atoms with van der Waals surface area (Å²) in [5.41, 5.74) is 23.7. The van der Waals surface area contributed by atoms with Crippen LogP contribution in [0.2, 0.25) is 0 Å². The van der Waals surface area contributed by atoms with Crippen LogP contribution >= 0.6 is 0 Å². The first-order chi connectivity index (χ1) is 21.5. The highest BCUT2D eigenvalue weighted by Crippen LogP contribution is 2.37. The van der Waals surface area contributed by atoms with Gasteiger partial charge < -0.3 is 15.5 Å². The molecule has 11 heteroatoms. The molecule has 11 nitrogen and oxygen atoms in total. The molecule has 236 valence electrons. The third-order valence-electron chi connectivity index (χ3n) is 10.4. The average molecular weight is 601 g/mol. The standard InChI is InChI=1S/C33H48N10O/c1-23-21-43-30(35-31(23)41-19-17-27(34)22-41)20-28(36-43)29-12-8-9-18-42(29)32(44)24-13-15-26(16-14-24)33(37-39-40-38-33)25-10-6-4-2-3-5-7-11-25/h13-16,20-21,25,27,29,37-40H,2-12,17-19,22,34H2,1H3/t27-,29-/m0/s1. The molecule has 3 saturated heterocycles. The van der Waals surface area contributed by atoms with Gasteiger partial charge in [0.05, 0.1) is 11.7 Å².